The van der Waals surface area contributed by atoms with Crippen LogP contribution in [0.3, 0.4) is 0 Å². The van der Waals surface area contributed by atoms with Gasteiger partial charge in [-0.2, -0.15) is 0 Å². The highest BCUT2D eigenvalue weighted by Crippen LogP contribution is 2.45. The number of ether oxygens (including phenoxy) is 6. The van der Waals surface area contributed by atoms with Crippen molar-refractivity contribution in [3.05, 3.63) is 109 Å². The lowest BCUT2D eigenvalue weighted by Gasteiger charge is -2.25. The van der Waals surface area contributed by atoms with E-state index in [1.165, 1.54) is 49.5 Å². The summed E-state index contributed by atoms with van der Waals surface area (Å²) in [6.45, 7) is 4.23. The standard InChI is InChI=1S/C26H27N5O4.C23H23N5O4.CH4/c1-26(2)34-21-20(12-32-17-6-5-15-9-16(14-3-4-14)11-28-19(15)10-17)33-25(22(21)35-26)31-8-7-18-23(27)29-13-30-24(18)31;24-21-16-5-6-28(22(16)27-11-26-21)23-20(30)19(29)18(32-23)10-31-15-4-3-13-7-14(12-1-2-12)9-25-17(13)8-15;/h5-11,13-14,20-22,25H,3-4,12H2,1-2H3,(H2,27,29,30);3-9,11-12,18-20,23,29-30H,1-2,10H2,(H2,24,26,27);1H4/t20-,21-,22-,25-;18-,19-,20-,23-;/m11./s1. The highest BCUT2D eigenvalue weighted by atomic mass is 16.8. The molecule has 2 saturated carbocycles. The fourth-order valence-electron chi connectivity index (χ4n) is 9.56. The fourth-order valence-corrected chi connectivity index (χ4v) is 9.56. The Bertz CT molecular complexity index is 3150. The summed E-state index contributed by atoms with van der Waals surface area (Å²) in [6, 6.07) is 19.9. The molecule has 0 unspecified atom stereocenters. The molecule has 8 atom stereocenters. The van der Waals surface area contributed by atoms with Gasteiger partial charge in [0.05, 0.1) is 21.8 Å². The van der Waals surface area contributed by atoms with Gasteiger partial charge in [0.25, 0.3) is 0 Å². The average Bonchev–Trinajstić information content (AvgIpc) is 4.20. The lowest BCUT2D eigenvalue weighted by molar-refractivity contribution is -0.198. The zero-order valence-electron chi connectivity index (χ0n) is 36.8. The van der Waals surface area contributed by atoms with Crippen molar-refractivity contribution in [1.29, 1.82) is 0 Å². The van der Waals surface area contributed by atoms with E-state index in [0.717, 1.165) is 32.9 Å². The summed E-state index contributed by atoms with van der Waals surface area (Å²) < 4.78 is 40.6. The molecule has 2 aromatic carbocycles. The monoisotopic (exact) mass is 922 g/mol. The summed E-state index contributed by atoms with van der Waals surface area (Å²) in [5.41, 5.74) is 17.6. The summed E-state index contributed by atoms with van der Waals surface area (Å²) in [6.07, 6.45) is 10.2. The van der Waals surface area contributed by atoms with Crippen molar-refractivity contribution in [2.45, 2.75) is 114 Å². The van der Waals surface area contributed by atoms with E-state index in [1.807, 2.05) is 73.4 Å². The Morgan fingerprint density at radius 2 is 1.12 bits per heavy atom. The third kappa shape index (κ3) is 8.20. The summed E-state index contributed by atoms with van der Waals surface area (Å²) in [4.78, 5) is 25.9. The van der Waals surface area contributed by atoms with E-state index in [4.69, 9.17) is 39.9 Å². The van der Waals surface area contributed by atoms with Gasteiger partial charge < -0.3 is 59.2 Å². The zero-order valence-corrected chi connectivity index (χ0v) is 36.8. The van der Waals surface area contributed by atoms with Gasteiger partial charge >= 0.3 is 0 Å². The van der Waals surface area contributed by atoms with E-state index in [9.17, 15) is 10.2 Å². The average molecular weight is 923 g/mol. The number of pyridine rings is 2. The quantitative estimate of drug-likeness (QED) is 0.112. The van der Waals surface area contributed by atoms with Crippen LogP contribution < -0.4 is 20.9 Å². The van der Waals surface area contributed by atoms with E-state index in [1.54, 1.807) is 16.8 Å². The number of aromatic nitrogens is 8. The van der Waals surface area contributed by atoms with Crippen LogP contribution in [-0.2, 0) is 18.9 Å². The molecule has 5 fully saturated rings. The van der Waals surface area contributed by atoms with Crippen LogP contribution in [0.4, 0.5) is 11.6 Å². The molecule has 18 nitrogen and oxygen atoms in total. The van der Waals surface area contributed by atoms with Gasteiger partial charge in [0.15, 0.2) is 18.2 Å². The molecule has 13 rings (SSSR count). The molecule has 0 radical (unpaired) electrons. The molecule has 352 valence electrons. The van der Waals surface area contributed by atoms with Crippen LogP contribution in [0.15, 0.2) is 98.1 Å². The number of hydrogen-bond acceptors (Lipinski definition) is 16. The number of anilines is 2. The number of hydrogen-bond donors (Lipinski definition) is 4. The summed E-state index contributed by atoms with van der Waals surface area (Å²) in [5, 5.41) is 24.8. The first-order valence-corrected chi connectivity index (χ1v) is 22.8. The molecule has 0 amide bonds. The first-order valence-electron chi connectivity index (χ1n) is 22.8. The van der Waals surface area contributed by atoms with Gasteiger partial charge in [-0.25, -0.2) is 19.9 Å². The van der Waals surface area contributed by atoms with Crippen LogP contribution in [0.2, 0.25) is 0 Å². The fraction of sp³-hybridized carbons (Fsp3) is 0.400. The van der Waals surface area contributed by atoms with Gasteiger partial charge in [-0.1, -0.05) is 7.43 Å². The second kappa shape index (κ2) is 17.2. The Morgan fingerprint density at radius 3 is 1.66 bits per heavy atom. The molecule has 3 saturated heterocycles. The first kappa shape index (κ1) is 44.0. The molecule has 6 aromatic heterocycles. The first-order chi connectivity index (χ1) is 32.5. The Labute approximate surface area is 391 Å². The van der Waals surface area contributed by atoms with Gasteiger partial charge in [0.1, 0.15) is 96.9 Å². The number of aliphatic hydroxyl groups excluding tert-OH is 2. The molecule has 6 N–H and O–H groups in total. The minimum absolute atomic E-state index is 0. The third-order valence-corrected chi connectivity index (χ3v) is 13.4. The minimum Gasteiger partial charge on any atom is -0.491 e. The lowest BCUT2D eigenvalue weighted by atomic mass is 10.1. The molecule has 0 bridgehead atoms. The zero-order chi connectivity index (χ0) is 45.6. The number of nitrogens with two attached hydrogens (primary N) is 2. The van der Waals surface area contributed by atoms with Crippen LogP contribution in [0.25, 0.3) is 43.9 Å². The largest absolute Gasteiger partial charge is 0.491 e. The van der Waals surface area contributed by atoms with E-state index >= 15 is 0 Å². The van der Waals surface area contributed by atoms with Gasteiger partial charge in [-0.05, 0) is 111 Å². The lowest BCUT2D eigenvalue weighted by Crippen LogP contribution is -2.34. The van der Waals surface area contributed by atoms with E-state index in [-0.39, 0.29) is 32.3 Å². The highest BCUT2D eigenvalue weighted by Gasteiger charge is 2.56. The molecule has 5 aliphatic rings. The minimum atomic E-state index is -1.14. The van der Waals surface area contributed by atoms with Crippen molar-refractivity contribution in [2.24, 2.45) is 0 Å². The number of nitrogen functional groups attached to an aromatic ring is 2. The number of aliphatic hydroxyl groups is 2. The highest BCUT2D eigenvalue weighted by molar-refractivity contribution is 5.87. The number of fused-ring (bicyclic) bond motifs is 5. The smallest absolute Gasteiger partial charge is 0.164 e. The van der Waals surface area contributed by atoms with Crippen LogP contribution in [-0.4, -0.2) is 105 Å². The second-order valence-electron chi connectivity index (χ2n) is 18.5. The van der Waals surface area contributed by atoms with E-state index in [0.29, 0.717) is 52.5 Å². The predicted molar refractivity (Wildman–Crippen MR) is 253 cm³/mol. The van der Waals surface area contributed by atoms with Gasteiger partial charge in [0, 0.05) is 47.7 Å². The Morgan fingerprint density at radius 1 is 0.618 bits per heavy atom. The number of benzene rings is 2. The summed E-state index contributed by atoms with van der Waals surface area (Å²) in [7, 11) is 0. The Balaban J connectivity index is 0.000000148. The Hall–Kier alpha value is -6.54. The third-order valence-electron chi connectivity index (χ3n) is 13.4. The molecule has 68 heavy (non-hydrogen) atoms. The van der Waals surface area contributed by atoms with E-state index < -0.39 is 36.6 Å². The van der Waals surface area contributed by atoms with Gasteiger partial charge in [-0.15, -0.1) is 0 Å². The topological polar surface area (TPSA) is 235 Å². The number of rotatable bonds is 10. The van der Waals surface area contributed by atoms with Crippen LogP contribution >= 0.6 is 0 Å². The van der Waals surface area contributed by atoms with Crippen molar-refractivity contribution in [3.63, 3.8) is 0 Å². The molecule has 0 spiro atoms. The predicted octanol–water partition coefficient (Wildman–Crippen LogP) is 6.71. The Kier molecular flexibility index (Phi) is 11.1. The van der Waals surface area contributed by atoms with Crippen molar-refractivity contribution in [2.75, 3.05) is 24.7 Å². The SMILES string of the molecule is C.CC1(C)O[C@@H]2[C@H](O1)[C@@H](COc1ccc3cc(C4CC4)cnc3c1)O[C@H]2n1ccc2c(N)ncnc21.Nc1ncnc2c1ccn2[C@@H]1O[C@H](COc2ccc3cc(C4CC4)cnc3c2)[C@@H](O)[C@H]1O. The van der Waals surface area contributed by atoms with Gasteiger partial charge in [0.2, 0.25) is 0 Å². The molecule has 2 aliphatic carbocycles. The van der Waals surface area contributed by atoms with Crippen molar-refractivity contribution < 1.29 is 38.6 Å². The molecular formula is C50H54N10O8. The molecule has 8 aromatic rings. The molecule has 3 aliphatic heterocycles. The van der Waals surface area contributed by atoms with Crippen LogP contribution in [0, 0.1) is 0 Å². The summed E-state index contributed by atoms with van der Waals surface area (Å²) in [5.74, 6) is 2.77. The second-order valence-corrected chi connectivity index (χ2v) is 18.5. The van der Waals surface area contributed by atoms with Crippen LogP contribution in [0.1, 0.15) is 82.4 Å². The maximum atomic E-state index is 10.6. The van der Waals surface area contributed by atoms with Crippen molar-refractivity contribution in [3.8, 4) is 11.5 Å². The molecule has 9 heterocycles. The van der Waals surface area contributed by atoms with Crippen molar-refractivity contribution >= 4 is 55.5 Å². The maximum absolute atomic E-state index is 10.6. The molecule has 18 heteroatoms. The molecular weight excluding hydrogens is 869 g/mol. The number of nitrogens with zero attached hydrogens (tertiary/aromatic N) is 8. The van der Waals surface area contributed by atoms with E-state index in [2.05, 4.69) is 48.1 Å². The summed E-state index contributed by atoms with van der Waals surface area (Å²) >= 11 is 0. The van der Waals surface area contributed by atoms with Crippen LogP contribution in [0.5, 0.6) is 11.5 Å². The van der Waals surface area contributed by atoms with Gasteiger partial charge in [-0.3, -0.25) is 9.97 Å². The maximum Gasteiger partial charge on any atom is 0.164 e. The van der Waals surface area contributed by atoms with Crippen molar-refractivity contribution in [1.82, 2.24) is 39.0 Å². The normalized spacial score (nSPS) is 26.2.